The lowest BCUT2D eigenvalue weighted by Crippen LogP contribution is -2.31. The van der Waals surface area contributed by atoms with Crippen LogP contribution in [0.1, 0.15) is 22.3 Å². The Bertz CT molecular complexity index is 2500. The minimum absolute atomic E-state index is 0.722. The molecule has 0 aliphatic heterocycles. The number of benzene rings is 8. The maximum atomic E-state index is 15.8. The van der Waals surface area contributed by atoms with Gasteiger partial charge in [0.1, 0.15) is 0 Å². The molecule has 0 N–H and O–H groups in total. The summed E-state index contributed by atoms with van der Waals surface area (Å²) in [4.78, 5) is 0. The molecular formula is C49H34O2P2. The smallest absolute Gasteiger partial charge is 0.171 e. The second-order valence-electron chi connectivity index (χ2n) is 13.9. The quantitative estimate of drug-likeness (QED) is 0.161. The highest BCUT2D eigenvalue weighted by Crippen LogP contribution is 2.63. The standard InChI is InChI=1S/C49H34O2P2/c50-52(35-17-5-1-6-18-35,36-19-7-2-8-20-36)39-29-31-43-44-32-30-40(53(51,37-21-9-3-10-22-37)38-23-11-4-12-24-38)34-48(44)49(47(43)33-39)45-27-15-13-25-41(45)42-26-14-16-28-46(42)49/h1-34H. The van der Waals surface area contributed by atoms with Crippen LogP contribution in [0.5, 0.6) is 0 Å². The lowest BCUT2D eigenvalue weighted by molar-refractivity contribution is 0.591. The Morgan fingerprint density at radius 2 is 0.547 bits per heavy atom. The first-order chi connectivity index (χ1) is 26.1. The van der Waals surface area contributed by atoms with Crippen molar-refractivity contribution in [3.05, 3.63) is 229 Å². The summed E-state index contributed by atoms with van der Waals surface area (Å²) in [6.07, 6.45) is 0. The van der Waals surface area contributed by atoms with Crippen molar-refractivity contribution < 1.29 is 9.13 Å². The van der Waals surface area contributed by atoms with E-state index in [1.54, 1.807) is 0 Å². The molecule has 53 heavy (non-hydrogen) atoms. The van der Waals surface area contributed by atoms with Crippen LogP contribution in [0.3, 0.4) is 0 Å². The first kappa shape index (κ1) is 31.9. The molecule has 0 saturated carbocycles. The predicted molar refractivity (Wildman–Crippen MR) is 222 cm³/mol. The third-order valence-corrected chi connectivity index (χ3v) is 17.4. The molecule has 0 aromatic heterocycles. The maximum absolute atomic E-state index is 15.8. The summed E-state index contributed by atoms with van der Waals surface area (Å²) in [6.45, 7) is 0. The third kappa shape index (κ3) is 4.47. The summed E-state index contributed by atoms with van der Waals surface area (Å²) in [6, 6.07) is 69.9. The lowest BCUT2D eigenvalue weighted by Gasteiger charge is -2.32. The van der Waals surface area contributed by atoms with Crippen LogP contribution in [0.25, 0.3) is 22.3 Å². The van der Waals surface area contributed by atoms with Crippen molar-refractivity contribution in [3.8, 4) is 22.3 Å². The first-order valence-electron chi connectivity index (χ1n) is 18.0. The monoisotopic (exact) mass is 716 g/mol. The summed E-state index contributed by atoms with van der Waals surface area (Å²) in [5.41, 5.74) is 8.40. The number of fused-ring (bicyclic) bond motifs is 10. The molecule has 0 amide bonds. The fourth-order valence-corrected chi connectivity index (χ4v) is 14.3. The Kier molecular flexibility index (Phi) is 7.31. The fraction of sp³-hybridized carbons (Fsp3) is 0.0204. The van der Waals surface area contributed by atoms with Crippen molar-refractivity contribution in [3.63, 3.8) is 0 Å². The average Bonchev–Trinajstić information content (AvgIpc) is 3.71. The molecule has 2 aliphatic rings. The van der Waals surface area contributed by atoms with E-state index in [2.05, 4.69) is 84.9 Å². The molecule has 0 unspecified atom stereocenters. The predicted octanol–water partition coefficient (Wildman–Crippen LogP) is 9.31. The zero-order valence-electron chi connectivity index (χ0n) is 28.8. The summed E-state index contributed by atoms with van der Waals surface area (Å²) in [5, 5.41) is 4.80. The number of hydrogen-bond donors (Lipinski definition) is 0. The Hall–Kier alpha value is -5.78. The first-order valence-corrected chi connectivity index (χ1v) is 21.4. The van der Waals surface area contributed by atoms with E-state index in [0.29, 0.717) is 0 Å². The van der Waals surface area contributed by atoms with Gasteiger partial charge in [-0.1, -0.05) is 194 Å². The van der Waals surface area contributed by atoms with Crippen molar-refractivity contribution in [2.24, 2.45) is 0 Å². The minimum atomic E-state index is -3.29. The molecule has 10 rings (SSSR count). The van der Waals surface area contributed by atoms with Crippen LogP contribution >= 0.6 is 14.3 Å². The molecule has 4 heteroatoms. The van der Waals surface area contributed by atoms with Gasteiger partial charge in [-0.05, 0) is 56.6 Å². The van der Waals surface area contributed by atoms with Crippen LogP contribution in [0, 0.1) is 0 Å². The van der Waals surface area contributed by atoms with Gasteiger partial charge in [0.25, 0.3) is 0 Å². The SMILES string of the molecule is O=P(c1ccccc1)(c1ccccc1)c1ccc2c(c1)C1(c3ccccc3-c3ccccc31)c1cc(P(=O)(c3ccccc3)c3ccccc3)ccc1-2. The molecule has 0 saturated heterocycles. The van der Waals surface area contributed by atoms with E-state index in [4.69, 9.17) is 0 Å². The number of hydrogen-bond acceptors (Lipinski definition) is 2. The van der Waals surface area contributed by atoms with Crippen molar-refractivity contribution >= 4 is 46.1 Å². The normalized spacial score (nSPS) is 13.6. The van der Waals surface area contributed by atoms with E-state index in [1.807, 2.05) is 121 Å². The Morgan fingerprint density at radius 3 is 0.887 bits per heavy atom. The van der Waals surface area contributed by atoms with Crippen LogP contribution < -0.4 is 31.8 Å². The second kappa shape index (κ2) is 12.1. The summed E-state index contributed by atoms with van der Waals surface area (Å²) in [7, 11) is -6.58. The Morgan fingerprint density at radius 1 is 0.264 bits per heavy atom. The molecular weight excluding hydrogens is 682 g/mol. The van der Waals surface area contributed by atoms with Crippen molar-refractivity contribution in [1.82, 2.24) is 0 Å². The number of rotatable bonds is 6. The second-order valence-corrected chi connectivity index (χ2v) is 19.4. The molecule has 8 aromatic carbocycles. The molecule has 0 radical (unpaired) electrons. The topological polar surface area (TPSA) is 34.1 Å². The van der Waals surface area contributed by atoms with E-state index in [0.717, 1.165) is 54.1 Å². The van der Waals surface area contributed by atoms with Crippen LogP contribution in [0.4, 0.5) is 0 Å². The van der Waals surface area contributed by atoms with Crippen LogP contribution in [-0.4, -0.2) is 0 Å². The van der Waals surface area contributed by atoms with E-state index in [1.165, 1.54) is 22.3 Å². The van der Waals surface area contributed by atoms with E-state index in [-0.39, 0.29) is 0 Å². The summed E-state index contributed by atoms with van der Waals surface area (Å²) < 4.78 is 31.7. The highest BCUT2D eigenvalue weighted by atomic mass is 31.2. The molecule has 0 bridgehead atoms. The molecule has 0 heterocycles. The van der Waals surface area contributed by atoms with Crippen LogP contribution in [0.2, 0.25) is 0 Å². The van der Waals surface area contributed by atoms with Gasteiger partial charge >= 0.3 is 0 Å². The molecule has 0 fully saturated rings. The Balaban J connectivity index is 1.30. The van der Waals surface area contributed by atoms with Crippen molar-refractivity contribution in [1.29, 1.82) is 0 Å². The zero-order chi connectivity index (χ0) is 35.6. The van der Waals surface area contributed by atoms with E-state index < -0.39 is 19.7 Å². The molecule has 8 aromatic rings. The molecule has 2 aliphatic carbocycles. The average molecular weight is 717 g/mol. The molecule has 0 atom stereocenters. The molecule has 1 spiro atoms. The summed E-state index contributed by atoms with van der Waals surface area (Å²) >= 11 is 0. The van der Waals surface area contributed by atoms with Gasteiger partial charge in [-0.15, -0.1) is 0 Å². The van der Waals surface area contributed by atoms with Gasteiger partial charge in [-0.2, -0.15) is 0 Å². The van der Waals surface area contributed by atoms with E-state index >= 15 is 9.13 Å². The minimum Gasteiger partial charge on any atom is -0.309 e. The van der Waals surface area contributed by atoms with Crippen molar-refractivity contribution in [2.45, 2.75) is 5.41 Å². The molecule has 2 nitrogen and oxygen atoms in total. The largest absolute Gasteiger partial charge is 0.309 e. The van der Waals surface area contributed by atoms with Crippen molar-refractivity contribution in [2.75, 3.05) is 0 Å². The van der Waals surface area contributed by atoms with Gasteiger partial charge in [0.2, 0.25) is 0 Å². The van der Waals surface area contributed by atoms with E-state index in [9.17, 15) is 0 Å². The van der Waals surface area contributed by atoms with Gasteiger partial charge in [-0.25, -0.2) is 0 Å². The lowest BCUT2D eigenvalue weighted by atomic mass is 9.70. The fourth-order valence-electron chi connectivity index (χ4n) is 8.95. The van der Waals surface area contributed by atoms with Crippen LogP contribution in [-0.2, 0) is 14.5 Å². The third-order valence-electron chi connectivity index (χ3n) is 11.3. The molecule has 252 valence electrons. The maximum Gasteiger partial charge on any atom is 0.171 e. The van der Waals surface area contributed by atoms with Gasteiger partial charge in [-0.3, -0.25) is 0 Å². The Labute approximate surface area is 310 Å². The van der Waals surface area contributed by atoms with Gasteiger partial charge in [0.15, 0.2) is 14.3 Å². The zero-order valence-corrected chi connectivity index (χ0v) is 30.6. The van der Waals surface area contributed by atoms with Crippen LogP contribution in [0.15, 0.2) is 206 Å². The van der Waals surface area contributed by atoms with Gasteiger partial charge in [0, 0.05) is 31.8 Å². The van der Waals surface area contributed by atoms with Gasteiger partial charge < -0.3 is 9.13 Å². The summed E-state index contributed by atoms with van der Waals surface area (Å²) in [5.74, 6) is 0. The highest BCUT2D eigenvalue weighted by molar-refractivity contribution is 7.85. The van der Waals surface area contributed by atoms with Gasteiger partial charge in [0.05, 0.1) is 5.41 Å². The highest BCUT2D eigenvalue weighted by Gasteiger charge is 2.52.